The highest BCUT2D eigenvalue weighted by atomic mass is 16.5. The fourth-order valence-corrected chi connectivity index (χ4v) is 1.74. The number of hydrogen-bond donors (Lipinski definition) is 0. The van der Waals surface area contributed by atoms with Gasteiger partial charge >= 0.3 is 0 Å². The van der Waals surface area contributed by atoms with Crippen LogP contribution in [0.3, 0.4) is 0 Å². The van der Waals surface area contributed by atoms with Gasteiger partial charge in [0.25, 0.3) is 0 Å². The molecule has 0 aromatic heterocycles. The summed E-state index contributed by atoms with van der Waals surface area (Å²) in [7, 11) is 3.37. The average Bonchev–Trinajstić information content (AvgIpc) is 2.25. The first kappa shape index (κ1) is 12.9. The van der Waals surface area contributed by atoms with Crippen LogP contribution in [0.1, 0.15) is 38.8 Å². The summed E-state index contributed by atoms with van der Waals surface area (Å²) in [4.78, 5) is 0. The van der Waals surface area contributed by atoms with E-state index >= 15 is 0 Å². The van der Waals surface area contributed by atoms with Crippen LogP contribution in [-0.4, -0.2) is 14.2 Å². The molecule has 0 unspecified atom stereocenters. The fourth-order valence-electron chi connectivity index (χ4n) is 1.74. The van der Waals surface area contributed by atoms with Crippen LogP contribution in [0.5, 0.6) is 11.5 Å². The number of benzene rings is 1. The van der Waals surface area contributed by atoms with Crippen LogP contribution in [0.15, 0.2) is 12.1 Å². The molecule has 0 fully saturated rings. The largest absolute Gasteiger partial charge is 0.493 e. The third kappa shape index (κ3) is 2.49. The third-order valence-electron chi connectivity index (χ3n) is 2.80. The lowest BCUT2D eigenvalue weighted by Crippen LogP contribution is -2.12. The molecule has 0 spiro atoms. The Labute approximate surface area is 98.6 Å². The molecule has 1 rings (SSSR count). The maximum Gasteiger partial charge on any atom is 0.163 e. The zero-order valence-corrected chi connectivity index (χ0v) is 11.2. The molecule has 0 atom stereocenters. The first-order chi connectivity index (χ1) is 7.43. The van der Waals surface area contributed by atoms with Crippen molar-refractivity contribution in [2.45, 2.75) is 39.5 Å². The van der Waals surface area contributed by atoms with E-state index in [4.69, 9.17) is 9.47 Å². The average molecular weight is 222 g/mol. The van der Waals surface area contributed by atoms with E-state index in [9.17, 15) is 0 Å². The second kappa shape index (κ2) is 4.77. The minimum Gasteiger partial charge on any atom is -0.493 e. The summed E-state index contributed by atoms with van der Waals surface area (Å²) in [5.41, 5.74) is 2.61. The van der Waals surface area contributed by atoms with Crippen molar-refractivity contribution in [3.05, 3.63) is 23.3 Å². The number of ether oxygens (including phenoxy) is 2. The Morgan fingerprint density at radius 3 is 2.06 bits per heavy atom. The van der Waals surface area contributed by atoms with E-state index in [-0.39, 0.29) is 5.41 Å². The monoisotopic (exact) mass is 222 g/mol. The summed E-state index contributed by atoms with van der Waals surface area (Å²) in [6, 6.07) is 4.28. The van der Waals surface area contributed by atoms with Gasteiger partial charge in [0.1, 0.15) is 0 Å². The van der Waals surface area contributed by atoms with E-state index < -0.39 is 0 Å². The van der Waals surface area contributed by atoms with Gasteiger partial charge in [-0.15, -0.1) is 0 Å². The van der Waals surface area contributed by atoms with Crippen molar-refractivity contribution in [1.82, 2.24) is 0 Å². The highest BCUT2D eigenvalue weighted by Crippen LogP contribution is 2.36. The van der Waals surface area contributed by atoms with Crippen molar-refractivity contribution in [1.29, 1.82) is 0 Å². The molecule has 0 heterocycles. The summed E-state index contributed by atoms with van der Waals surface area (Å²) in [5.74, 6) is 1.68. The smallest absolute Gasteiger partial charge is 0.163 e. The topological polar surface area (TPSA) is 18.5 Å². The molecular weight excluding hydrogens is 200 g/mol. The Kier molecular flexibility index (Phi) is 3.84. The summed E-state index contributed by atoms with van der Waals surface area (Å²) in [6.45, 7) is 8.73. The molecule has 1 aromatic rings. The summed E-state index contributed by atoms with van der Waals surface area (Å²) >= 11 is 0. The number of aryl methyl sites for hydroxylation is 1. The molecule has 16 heavy (non-hydrogen) atoms. The maximum atomic E-state index is 5.40. The van der Waals surface area contributed by atoms with Crippen LogP contribution < -0.4 is 9.47 Å². The van der Waals surface area contributed by atoms with Crippen molar-refractivity contribution in [3.63, 3.8) is 0 Å². The van der Waals surface area contributed by atoms with Crippen LogP contribution in [0.4, 0.5) is 0 Å². The van der Waals surface area contributed by atoms with Crippen LogP contribution in [-0.2, 0) is 11.8 Å². The predicted octanol–water partition coefficient (Wildman–Crippen LogP) is 3.56. The highest BCUT2D eigenvalue weighted by molar-refractivity contribution is 5.51. The Balaban J connectivity index is 3.37. The van der Waals surface area contributed by atoms with E-state index in [0.717, 1.165) is 17.9 Å². The zero-order chi connectivity index (χ0) is 12.3. The van der Waals surface area contributed by atoms with Gasteiger partial charge in [0.15, 0.2) is 11.5 Å². The third-order valence-corrected chi connectivity index (χ3v) is 2.80. The molecule has 0 saturated carbocycles. The van der Waals surface area contributed by atoms with E-state index in [1.165, 1.54) is 11.1 Å². The van der Waals surface area contributed by atoms with Gasteiger partial charge in [-0.1, -0.05) is 33.8 Å². The van der Waals surface area contributed by atoms with Gasteiger partial charge in [-0.2, -0.15) is 0 Å². The molecule has 0 aliphatic rings. The Bertz CT molecular complexity index is 336. The first-order valence-corrected chi connectivity index (χ1v) is 5.69. The molecule has 0 aliphatic carbocycles. The van der Waals surface area contributed by atoms with Crippen LogP contribution in [0, 0.1) is 0 Å². The fraction of sp³-hybridized carbons (Fsp3) is 0.571. The quantitative estimate of drug-likeness (QED) is 0.778. The molecule has 0 aliphatic heterocycles. The minimum absolute atomic E-state index is 0.128. The van der Waals surface area contributed by atoms with Gasteiger partial charge in [0.05, 0.1) is 14.2 Å². The molecule has 0 bridgehead atoms. The molecule has 0 saturated heterocycles. The molecule has 0 N–H and O–H groups in total. The second-order valence-corrected chi connectivity index (χ2v) is 4.97. The van der Waals surface area contributed by atoms with Crippen molar-refractivity contribution in [2.75, 3.05) is 14.2 Å². The molecule has 2 heteroatoms. The van der Waals surface area contributed by atoms with Gasteiger partial charge in [-0.3, -0.25) is 0 Å². The molecule has 0 amide bonds. The van der Waals surface area contributed by atoms with Gasteiger partial charge in [-0.25, -0.2) is 0 Å². The summed E-state index contributed by atoms with van der Waals surface area (Å²) < 4.78 is 10.8. The highest BCUT2D eigenvalue weighted by Gasteiger charge is 2.19. The molecule has 1 aromatic carbocycles. The lowest BCUT2D eigenvalue weighted by molar-refractivity contribution is 0.350. The number of hydrogen-bond acceptors (Lipinski definition) is 2. The number of methoxy groups -OCH3 is 2. The van der Waals surface area contributed by atoms with E-state index in [2.05, 4.69) is 39.8 Å². The summed E-state index contributed by atoms with van der Waals surface area (Å²) in [5, 5.41) is 0. The van der Waals surface area contributed by atoms with Gasteiger partial charge in [-0.05, 0) is 29.0 Å². The second-order valence-electron chi connectivity index (χ2n) is 4.97. The SMILES string of the molecule is CCc1cc(C(C)(C)C)cc(OC)c1OC. The zero-order valence-electron chi connectivity index (χ0n) is 11.2. The molecule has 90 valence electrons. The standard InChI is InChI=1S/C14H22O2/c1-7-10-8-11(14(2,3)4)9-12(15-5)13(10)16-6/h8-9H,7H2,1-6H3. The van der Waals surface area contributed by atoms with Gasteiger partial charge < -0.3 is 9.47 Å². The Morgan fingerprint density at radius 2 is 1.69 bits per heavy atom. The summed E-state index contributed by atoms with van der Waals surface area (Å²) in [6.07, 6.45) is 0.948. The van der Waals surface area contributed by atoms with E-state index in [1.807, 2.05) is 0 Å². The van der Waals surface area contributed by atoms with Crippen molar-refractivity contribution in [3.8, 4) is 11.5 Å². The normalized spacial score (nSPS) is 11.4. The van der Waals surface area contributed by atoms with Crippen molar-refractivity contribution < 1.29 is 9.47 Å². The first-order valence-electron chi connectivity index (χ1n) is 5.69. The molecule has 0 radical (unpaired) electrons. The Morgan fingerprint density at radius 1 is 1.06 bits per heavy atom. The predicted molar refractivity (Wildman–Crippen MR) is 67.6 cm³/mol. The number of rotatable bonds is 3. The molecular formula is C14H22O2. The molecule has 2 nitrogen and oxygen atoms in total. The van der Waals surface area contributed by atoms with Gasteiger partial charge in [0.2, 0.25) is 0 Å². The lowest BCUT2D eigenvalue weighted by Gasteiger charge is -2.22. The Hall–Kier alpha value is -1.18. The van der Waals surface area contributed by atoms with Crippen LogP contribution in [0.25, 0.3) is 0 Å². The van der Waals surface area contributed by atoms with Crippen LogP contribution in [0.2, 0.25) is 0 Å². The van der Waals surface area contributed by atoms with E-state index in [1.54, 1.807) is 14.2 Å². The van der Waals surface area contributed by atoms with Crippen molar-refractivity contribution >= 4 is 0 Å². The van der Waals surface area contributed by atoms with Crippen molar-refractivity contribution in [2.24, 2.45) is 0 Å². The lowest BCUT2D eigenvalue weighted by atomic mass is 9.85. The van der Waals surface area contributed by atoms with E-state index in [0.29, 0.717) is 0 Å². The van der Waals surface area contributed by atoms with Crippen LogP contribution >= 0.6 is 0 Å². The van der Waals surface area contributed by atoms with Gasteiger partial charge in [0, 0.05) is 0 Å². The maximum absolute atomic E-state index is 5.40. The minimum atomic E-state index is 0.128.